The normalized spacial score (nSPS) is 12.6. The summed E-state index contributed by atoms with van der Waals surface area (Å²) in [7, 11) is 0. The minimum Gasteiger partial charge on any atom is -0.456 e. The molecule has 0 fully saturated rings. The van der Waals surface area contributed by atoms with Gasteiger partial charge in [-0.2, -0.15) is 5.10 Å². The molecule has 1 aromatic heterocycles. The van der Waals surface area contributed by atoms with E-state index in [1.54, 1.807) is 6.21 Å². The van der Waals surface area contributed by atoms with Crippen molar-refractivity contribution in [3.8, 4) is 11.5 Å². The van der Waals surface area contributed by atoms with Crippen molar-refractivity contribution in [1.82, 2.24) is 4.98 Å². The minimum atomic E-state index is 0.858. The van der Waals surface area contributed by atoms with Gasteiger partial charge in [-0.1, -0.05) is 66.7 Å². The summed E-state index contributed by atoms with van der Waals surface area (Å²) in [5.41, 5.74) is 9.52. The smallest absolute Gasteiger partial charge is 0.135 e. The standard InChI is InChI=1S/C27H19N3O/c1-4-12-23-19(8-1)22-11-7-13-24(27(22)29-23)30-28-17-16-18-20-9-2-5-14-25(20)31-26-15-6-3-10-21(18)26/h1-17,29-30H. The van der Waals surface area contributed by atoms with Gasteiger partial charge >= 0.3 is 0 Å². The van der Waals surface area contributed by atoms with Crippen molar-refractivity contribution >= 4 is 39.3 Å². The molecule has 4 nitrogen and oxygen atoms in total. The van der Waals surface area contributed by atoms with Gasteiger partial charge in [0, 0.05) is 33.6 Å². The van der Waals surface area contributed by atoms with E-state index in [0.717, 1.165) is 44.9 Å². The molecule has 0 unspecified atom stereocenters. The van der Waals surface area contributed by atoms with Crippen molar-refractivity contribution < 1.29 is 4.74 Å². The second-order valence-corrected chi connectivity index (χ2v) is 7.46. The zero-order valence-electron chi connectivity index (χ0n) is 16.7. The number of hydrogen-bond donors (Lipinski definition) is 2. The lowest BCUT2D eigenvalue weighted by molar-refractivity contribution is 0.474. The molecule has 6 rings (SSSR count). The Bertz CT molecular complexity index is 1450. The average molecular weight is 401 g/mol. The molecule has 4 heteroatoms. The summed E-state index contributed by atoms with van der Waals surface area (Å²) in [6.45, 7) is 0. The fourth-order valence-corrected chi connectivity index (χ4v) is 4.18. The highest BCUT2D eigenvalue weighted by atomic mass is 16.5. The molecule has 5 aromatic rings. The Hall–Kier alpha value is -4.31. The van der Waals surface area contributed by atoms with Gasteiger partial charge in [-0.25, -0.2) is 0 Å². The Kier molecular flexibility index (Phi) is 4.06. The van der Waals surface area contributed by atoms with E-state index in [9.17, 15) is 0 Å². The molecular formula is C27H19N3O. The summed E-state index contributed by atoms with van der Waals surface area (Å²) in [4.78, 5) is 3.49. The fraction of sp³-hybridized carbons (Fsp3) is 0. The van der Waals surface area contributed by atoms with E-state index >= 15 is 0 Å². The van der Waals surface area contributed by atoms with Gasteiger partial charge in [0.2, 0.25) is 0 Å². The first-order valence-electron chi connectivity index (χ1n) is 10.2. The summed E-state index contributed by atoms with van der Waals surface area (Å²) in [6.07, 6.45) is 3.83. The number of hydrogen-bond acceptors (Lipinski definition) is 3. The molecule has 0 aliphatic carbocycles. The van der Waals surface area contributed by atoms with Gasteiger partial charge in [0.25, 0.3) is 0 Å². The number of aromatic nitrogens is 1. The summed E-state index contributed by atoms with van der Waals surface area (Å²) >= 11 is 0. The third-order valence-electron chi connectivity index (χ3n) is 5.62. The number of fused-ring (bicyclic) bond motifs is 5. The molecule has 0 spiro atoms. The van der Waals surface area contributed by atoms with Crippen molar-refractivity contribution in [3.05, 3.63) is 108 Å². The molecule has 31 heavy (non-hydrogen) atoms. The van der Waals surface area contributed by atoms with Crippen LogP contribution < -0.4 is 10.2 Å². The van der Waals surface area contributed by atoms with Crippen LogP contribution in [0.1, 0.15) is 11.1 Å². The molecule has 0 saturated heterocycles. The number of nitrogens with zero attached hydrogens (tertiary/aromatic N) is 1. The highest BCUT2D eigenvalue weighted by Crippen LogP contribution is 2.42. The van der Waals surface area contributed by atoms with E-state index < -0.39 is 0 Å². The maximum atomic E-state index is 6.06. The van der Waals surface area contributed by atoms with Crippen LogP contribution >= 0.6 is 0 Å². The number of rotatable bonds is 3. The highest BCUT2D eigenvalue weighted by molar-refractivity contribution is 6.11. The number of allylic oxidation sites excluding steroid dienone is 1. The number of H-pyrrole nitrogens is 1. The first-order chi connectivity index (χ1) is 15.4. The second kappa shape index (κ2) is 7.18. The molecule has 0 bridgehead atoms. The van der Waals surface area contributed by atoms with Gasteiger partial charge in [-0.05, 0) is 35.9 Å². The molecule has 2 heterocycles. The number of aromatic amines is 1. The zero-order valence-corrected chi connectivity index (χ0v) is 16.7. The molecule has 4 aromatic carbocycles. The van der Waals surface area contributed by atoms with Crippen LogP contribution in [0.2, 0.25) is 0 Å². The van der Waals surface area contributed by atoms with E-state index in [1.165, 1.54) is 10.8 Å². The third kappa shape index (κ3) is 2.97. The van der Waals surface area contributed by atoms with E-state index in [2.05, 4.69) is 51.9 Å². The molecule has 0 atom stereocenters. The SMILES string of the molecule is C(C=C1c2ccccc2Oc2ccccc21)=NNc1cccc2c1[nH]c1ccccc12. The van der Waals surface area contributed by atoms with E-state index in [-0.39, 0.29) is 0 Å². The first kappa shape index (κ1) is 17.5. The van der Waals surface area contributed by atoms with E-state index in [1.807, 2.05) is 60.7 Å². The monoisotopic (exact) mass is 401 g/mol. The molecule has 2 N–H and O–H groups in total. The van der Waals surface area contributed by atoms with Gasteiger partial charge in [0.1, 0.15) is 11.5 Å². The first-order valence-corrected chi connectivity index (χ1v) is 10.2. The van der Waals surface area contributed by atoms with Gasteiger partial charge < -0.3 is 9.72 Å². The average Bonchev–Trinajstić information content (AvgIpc) is 3.21. The largest absolute Gasteiger partial charge is 0.456 e. The van der Waals surface area contributed by atoms with Crippen LogP contribution in [-0.4, -0.2) is 11.2 Å². The van der Waals surface area contributed by atoms with Crippen LogP contribution in [0.25, 0.3) is 27.4 Å². The number of anilines is 1. The van der Waals surface area contributed by atoms with Crippen LogP contribution in [0.5, 0.6) is 11.5 Å². The Balaban J connectivity index is 1.35. The molecule has 0 radical (unpaired) electrons. The fourth-order valence-electron chi connectivity index (χ4n) is 4.18. The molecule has 0 saturated carbocycles. The maximum absolute atomic E-state index is 6.06. The molecule has 1 aliphatic heterocycles. The number of benzene rings is 4. The molecular weight excluding hydrogens is 382 g/mol. The number of nitrogens with one attached hydrogen (secondary N) is 2. The topological polar surface area (TPSA) is 49.4 Å². The predicted octanol–water partition coefficient (Wildman–Crippen LogP) is 6.96. The van der Waals surface area contributed by atoms with E-state index in [4.69, 9.17) is 4.74 Å². The van der Waals surface area contributed by atoms with Gasteiger partial charge in [0.15, 0.2) is 0 Å². The van der Waals surface area contributed by atoms with Crippen LogP contribution in [-0.2, 0) is 0 Å². The molecule has 0 amide bonds. The van der Waals surface area contributed by atoms with Crippen LogP contribution in [0.4, 0.5) is 5.69 Å². The number of hydrazone groups is 1. The zero-order chi connectivity index (χ0) is 20.6. The van der Waals surface area contributed by atoms with Crippen LogP contribution in [0, 0.1) is 0 Å². The van der Waals surface area contributed by atoms with Crippen LogP contribution in [0.15, 0.2) is 102 Å². The minimum absolute atomic E-state index is 0.858. The maximum Gasteiger partial charge on any atom is 0.135 e. The van der Waals surface area contributed by atoms with E-state index in [0.29, 0.717) is 0 Å². The van der Waals surface area contributed by atoms with Crippen molar-refractivity contribution in [3.63, 3.8) is 0 Å². The lowest BCUT2D eigenvalue weighted by Gasteiger charge is -2.22. The second-order valence-electron chi connectivity index (χ2n) is 7.46. The summed E-state index contributed by atoms with van der Waals surface area (Å²) < 4.78 is 6.06. The lowest BCUT2D eigenvalue weighted by atomic mass is 9.94. The summed E-state index contributed by atoms with van der Waals surface area (Å²) in [5, 5.41) is 6.88. The summed E-state index contributed by atoms with van der Waals surface area (Å²) in [5.74, 6) is 1.72. The van der Waals surface area contributed by atoms with Crippen molar-refractivity contribution in [2.24, 2.45) is 5.10 Å². The Morgan fingerprint density at radius 2 is 1.39 bits per heavy atom. The number of para-hydroxylation sites is 4. The predicted molar refractivity (Wildman–Crippen MR) is 128 cm³/mol. The molecule has 1 aliphatic rings. The number of ether oxygens (including phenoxy) is 1. The summed E-state index contributed by atoms with van der Waals surface area (Å²) in [6, 6.07) is 30.7. The Labute approximate surface area is 179 Å². The van der Waals surface area contributed by atoms with Gasteiger partial charge in [-0.3, -0.25) is 5.43 Å². The quantitative estimate of drug-likeness (QED) is 0.249. The third-order valence-corrected chi connectivity index (χ3v) is 5.62. The highest BCUT2D eigenvalue weighted by Gasteiger charge is 2.20. The molecule has 148 valence electrons. The van der Waals surface area contributed by atoms with Crippen molar-refractivity contribution in [2.75, 3.05) is 5.43 Å². The Morgan fingerprint density at radius 1 is 0.710 bits per heavy atom. The van der Waals surface area contributed by atoms with Crippen molar-refractivity contribution in [1.29, 1.82) is 0 Å². The van der Waals surface area contributed by atoms with Gasteiger partial charge in [0.05, 0.1) is 11.2 Å². The van der Waals surface area contributed by atoms with Crippen LogP contribution in [0.3, 0.4) is 0 Å². The lowest BCUT2D eigenvalue weighted by Crippen LogP contribution is -2.02. The van der Waals surface area contributed by atoms with Gasteiger partial charge in [-0.15, -0.1) is 0 Å². The Morgan fingerprint density at radius 3 is 2.19 bits per heavy atom. The van der Waals surface area contributed by atoms with Crippen molar-refractivity contribution in [2.45, 2.75) is 0 Å².